The number of nitrogens with one attached hydrogen (secondary N) is 1. The molecule has 20 heavy (non-hydrogen) atoms. The minimum atomic E-state index is 0.655. The first-order valence-corrected chi connectivity index (χ1v) is 6.86. The number of rotatable bonds is 6. The van der Waals surface area contributed by atoms with Gasteiger partial charge in [0.1, 0.15) is 5.75 Å². The number of nitrogens with two attached hydrogens (primary N) is 1. The van der Waals surface area contributed by atoms with Gasteiger partial charge in [0.15, 0.2) is 0 Å². The molecule has 2 aromatic rings. The molecule has 0 aliphatic carbocycles. The Morgan fingerprint density at radius 1 is 1.40 bits per heavy atom. The van der Waals surface area contributed by atoms with Gasteiger partial charge in [-0.2, -0.15) is 5.10 Å². The predicted octanol–water partition coefficient (Wildman–Crippen LogP) is 2.71. The van der Waals surface area contributed by atoms with Crippen molar-refractivity contribution in [1.82, 2.24) is 9.78 Å². The van der Waals surface area contributed by atoms with Gasteiger partial charge in [-0.1, -0.05) is 13.0 Å². The van der Waals surface area contributed by atoms with E-state index >= 15 is 0 Å². The van der Waals surface area contributed by atoms with Crippen molar-refractivity contribution in [1.29, 1.82) is 0 Å². The molecule has 2 rings (SSSR count). The number of hydrogen-bond donors (Lipinski definition) is 2. The van der Waals surface area contributed by atoms with Crippen LogP contribution >= 0.6 is 0 Å². The molecule has 1 aromatic heterocycles. The second-order valence-corrected chi connectivity index (χ2v) is 4.83. The lowest BCUT2D eigenvalue weighted by atomic mass is 10.2. The summed E-state index contributed by atoms with van der Waals surface area (Å²) in [5, 5.41) is 7.67. The van der Waals surface area contributed by atoms with Crippen LogP contribution in [0.5, 0.6) is 5.75 Å². The Kier molecular flexibility index (Phi) is 4.50. The Labute approximate surface area is 119 Å². The average molecular weight is 274 g/mol. The normalized spacial score (nSPS) is 10.6. The van der Waals surface area contributed by atoms with E-state index in [2.05, 4.69) is 17.3 Å². The van der Waals surface area contributed by atoms with Gasteiger partial charge >= 0.3 is 0 Å². The second-order valence-electron chi connectivity index (χ2n) is 4.83. The van der Waals surface area contributed by atoms with Crippen LogP contribution in [0.4, 0.5) is 11.4 Å². The number of aryl methyl sites for hydroxylation is 2. The van der Waals surface area contributed by atoms with Gasteiger partial charge in [-0.25, -0.2) is 0 Å². The maximum atomic E-state index is 6.12. The van der Waals surface area contributed by atoms with Crippen LogP contribution in [0.2, 0.25) is 0 Å². The van der Waals surface area contributed by atoms with Crippen LogP contribution in [0.1, 0.15) is 24.6 Å². The van der Waals surface area contributed by atoms with E-state index in [0.717, 1.165) is 29.1 Å². The lowest BCUT2D eigenvalue weighted by Crippen LogP contribution is -2.05. The molecule has 0 fully saturated rings. The molecule has 108 valence electrons. The number of anilines is 2. The van der Waals surface area contributed by atoms with Gasteiger partial charge in [0.2, 0.25) is 0 Å². The fourth-order valence-corrected chi connectivity index (χ4v) is 2.05. The summed E-state index contributed by atoms with van der Waals surface area (Å²) in [7, 11) is 1.92. The summed E-state index contributed by atoms with van der Waals surface area (Å²) < 4.78 is 7.44. The standard InChI is InChI=1S/C15H22N4O/c1-4-8-20-14-7-5-6-13(15(14)16)17-9-12-10-19(3)18-11(12)2/h5-7,10,17H,4,8-9,16H2,1-3H3. The van der Waals surface area contributed by atoms with Crippen LogP contribution in [-0.4, -0.2) is 16.4 Å². The van der Waals surface area contributed by atoms with Crippen molar-refractivity contribution < 1.29 is 4.74 Å². The fourth-order valence-electron chi connectivity index (χ4n) is 2.05. The van der Waals surface area contributed by atoms with Gasteiger partial charge in [0.25, 0.3) is 0 Å². The number of nitrogen functional groups attached to an aromatic ring is 1. The number of nitrogens with zero attached hydrogens (tertiary/aromatic N) is 2. The molecule has 0 unspecified atom stereocenters. The fraction of sp³-hybridized carbons (Fsp3) is 0.400. The van der Waals surface area contributed by atoms with Gasteiger partial charge in [-0.15, -0.1) is 0 Å². The monoisotopic (exact) mass is 274 g/mol. The van der Waals surface area contributed by atoms with E-state index in [9.17, 15) is 0 Å². The Hall–Kier alpha value is -2.17. The molecule has 0 aliphatic rings. The Balaban J connectivity index is 2.07. The molecule has 0 saturated heterocycles. The van der Waals surface area contributed by atoms with Crippen LogP contribution in [0, 0.1) is 6.92 Å². The highest BCUT2D eigenvalue weighted by Crippen LogP contribution is 2.29. The van der Waals surface area contributed by atoms with E-state index in [0.29, 0.717) is 18.8 Å². The molecular weight excluding hydrogens is 252 g/mol. The Morgan fingerprint density at radius 2 is 2.20 bits per heavy atom. The number of benzene rings is 1. The summed E-state index contributed by atoms with van der Waals surface area (Å²) in [6.45, 7) is 5.45. The summed E-state index contributed by atoms with van der Waals surface area (Å²) in [6, 6.07) is 5.80. The Morgan fingerprint density at radius 3 is 2.85 bits per heavy atom. The van der Waals surface area contributed by atoms with E-state index in [-0.39, 0.29) is 0 Å². The highest BCUT2D eigenvalue weighted by atomic mass is 16.5. The highest BCUT2D eigenvalue weighted by Gasteiger charge is 2.07. The number of aromatic nitrogens is 2. The van der Waals surface area contributed by atoms with Crippen molar-refractivity contribution in [2.45, 2.75) is 26.8 Å². The third-order valence-corrected chi connectivity index (χ3v) is 3.11. The van der Waals surface area contributed by atoms with Gasteiger partial charge in [0, 0.05) is 25.4 Å². The minimum absolute atomic E-state index is 0.655. The zero-order valence-corrected chi connectivity index (χ0v) is 12.3. The molecule has 0 saturated carbocycles. The predicted molar refractivity (Wildman–Crippen MR) is 81.9 cm³/mol. The number of para-hydroxylation sites is 1. The summed E-state index contributed by atoms with van der Waals surface area (Å²) in [6.07, 6.45) is 2.97. The minimum Gasteiger partial charge on any atom is -0.491 e. The number of hydrogen-bond acceptors (Lipinski definition) is 4. The molecule has 0 atom stereocenters. The zero-order chi connectivity index (χ0) is 14.5. The average Bonchev–Trinajstić information content (AvgIpc) is 2.74. The molecular formula is C15H22N4O. The van der Waals surface area contributed by atoms with Crippen molar-refractivity contribution in [3.05, 3.63) is 35.7 Å². The number of ether oxygens (including phenoxy) is 1. The Bertz CT molecular complexity index is 577. The summed E-state index contributed by atoms with van der Waals surface area (Å²) >= 11 is 0. The lowest BCUT2D eigenvalue weighted by molar-refractivity contribution is 0.319. The van der Waals surface area contributed by atoms with Crippen LogP contribution in [0.15, 0.2) is 24.4 Å². The maximum Gasteiger partial charge on any atom is 0.144 e. The summed E-state index contributed by atoms with van der Waals surface area (Å²) in [4.78, 5) is 0. The van der Waals surface area contributed by atoms with Gasteiger partial charge < -0.3 is 15.8 Å². The van der Waals surface area contributed by atoms with Crippen LogP contribution in [0.25, 0.3) is 0 Å². The van der Waals surface area contributed by atoms with Crippen molar-refractivity contribution in [3.63, 3.8) is 0 Å². The van der Waals surface area contributed by atoms with Crippen LogP contribution < -0.4 is 15.8 Å². The van der Waals surface area contributed by atoms with E-state index < -0.39 is 0 Å². The molecule has 5 nitrogen and oxygen atoms in total. The second kappa shape index (κ2) is 6.32. The molecule has 0 aliphatic heterocycles. The SMILES string of the molecule is CCCOc1cccc(NCc2cn(C)nc2C)c1N. The first kappa shape index (κ1) is 14.2. The van der Waals surface area contributed by atoms with E-state index in [1.807, 2.05) is 43.0 Å². The maximum absolute atomic E-state index is 6.12. The molecule has 0 amide bonds. The first-order valence-electron chi connectivity index (χ1n) is 6.86. The van der Waals surface area contributed by atoms with Crippen molar-refractivity contribution >= 4 is 11.4 Å². The van der Waals surface area contributed by atoms with E-state index in [4.69, 9.17) is 10.5 Å². The lowest BCUT2D eigenvalue weighted by Gasteiger charge is -2.13. The smallest absolute Gasteiger partial charge is 0.144 e. The third kappa shape index (κ3) is 3.23. The highest BCUT2D eigenvalue weighted by molar-refractivity contribution is 5.72. The van der Waals surface area contributed by atoms with Crippen LogP contribution in [-0.2, 0) is 13.6 Å². The van der Waals surface area contributed by atoms with Crippen LogP contribution in [0.3, 0.4) is 0 Å². The van der Waals surface area contributed by atoms with E-state index in [1.54, 1.807) is 0 Å². The largest absolute Gasteiger partial charge is 0.491 e. The molecule has 1 heterocycles. The zero-order valence-electron chi connectivity index (χ0n) is 12.3. The molecule has 0 bridgehead atoms. The van der Waals surface area contributed by atoms with Gasteiger partial charge in [-0.05, 0) is 25.5 Å². The molecule has 1 aromatic carbocycles. The topological polar surface area (TPSA) is 65.1 Å². The van der Waals surface area contributed by atoms with Crippen molar-refractivity contribution in [2.75, 3.05) is 17.7 Å². The first-order chi connectivity index (χ1) is 9.61. The molecule has 3 N–H and O–H groups in total. The van der Waals surface area contributed by atoms with Crippen molar-refractivity contribution in [2.24, 2.45) is 7.05 Å². The molecule has 5 heteroatoms. The summed E-state index contributed by atoms with van der Waals surface area (Å²) in [5.41, 5.74) is 9.85. The van der Waals surface area contributed by atoms with Crippen molar-refractivity contribution in [3.8, 4) is 5.75 Å². The van der Waals surface area contributed by atoms with Gasteiger partial charge in [-0.3, -0.25) is 4.68 Å². The molecule has 0 spiro atoms. The third-order valence-electron chi connectivity index (χ3n) is 3.11. The van der Waals surface area contributed by atoms with Gasteiger partial charge in [0.05, 0.1) is 23.7 Å². The quantitative estimate of drug-likeness (QED) is 0.795. The summed E-state index contributed by atoms with van der Waals surface area (Å²) in [5.74, 6) is 0.736. The van der Waals surface area contributed by atoms with E-state index in [1.165, 1.54) is 0 Å². The molecule has 0 radical (unpaired) electrons.